The summed E-state index contributed by atoms with van der Waals surface area (Å²) in [6.07, 6.45) is 2.08. The summed E-state index contributed by atoms with van der Waals surface area (Å²) in [4.78, 5) is 18.3. The number of likely N-dealkylation sites (tertiary alicyclic amines) is 1. The average molecular weight is 607 g/mol. The zero-order valence-electron chi connectivity index (χ0n) is 22.9. The van der Waals surface area contributed by atoms with Crippen LogP contribution in [0, 0.1) is 11.8 Å². The number of halogens is 4. The summed E-state index contributed by atoms with van der Waals surface area (Å²) in [7, 11) is 3.36. The van der Waals surface area contributed by atoms with Gasteiger partial charge in [-0.15, -0.1) is 0 Å². The first-order valence-electron chi connectivity index (χ1n) is 13.3. The van der Waals surface area contributed by atoms with Crippen molar-refractivity contribution in [2.45, 2.75) is 35.3 Å². The number of benzene rings is 1. The number of nitrogens with zero attached hydrogens (tertiary/aromatic N) is 3. The van der Waals surface area contributed by atoms with Crippen LogP contribution in [0.4, 0.5) is 29.1 Å². The number of aromatic nitrogens is 2. The standard InChI is InChI=1S/C28H30F4N6O3S/c1-33-26(39)17-5-6-24(41-19-15-40-16-19)22(12-17)34-8-3-4-18-13-23-25(36-21-7-10-37(2)14-20(21)29)35-9-11-38(23)27(18)42-28(30,31)32/h5-6,9,11-13,19-21,34H,7-8,10,14-16H2,1-2H3,(H,33,39)(H,35,36)/t20-,21+/m0/s1. The predicted octanol–water partition coefficient (Wildman–Crippen LogP) is 4.00. The zero-order valence-corrected chi connectivity index (χ0v) is 23.7. The fourth-order valence-electron chi connectivity index (χ4n) is 4.68. The molecule has 0 aliphatic carbocycles. The molecule has 2 atom stereocenters. The Bertz CT molecular complexity index is 1500. The lowest BCUT2D eigenvalue weighted by Crippen LogP contribution is -2.46. The van der Waals surface area contributed by atoms with Crippen molar-refractivity contribution in [3.05, 3.63) is 47.8 Å². The summed E-state index contributed by atoms with van der Waals surface area (Å²) < 4.78 is 67.8. The molecule has 2 fully saturated rings. The molecule has 2 aliphatic heterocycles. The van der Waals surface area contributed by atoms with Crippen molar-refractivity contribution in [2.75, 3.05) is 57.6 Å². The van der Waals surface area contributed by atoms with Gasteiger partial charge in [-0.05, 0) is 37.7 Å². The van der Waals surface area contributed by atoms with E-state index in [9.17, 15) is 22.4 Å². The maximum Gasteiger partial charge on any atom is 0.447 e. The highest BCUT2D eigenvalue weighted by molar-refractivity contribution is 8.00. The monoisotopic (exact) mass is 606 g/mol. The van der Waals surface area contributed by atoms with Gasteiger partial charge in [-0.25, -0.2) is 9.37 Å². The number of hydrogen-bond acceptors (Lipinski definition) is 8. The van der Waals surface area contributed by atoms with Crippen LogP contribution in [0.2, 0.25) is 0 Å². The number of ether oxygens (including phenoxy) is 2. The minimum Gasteiger partial charge on any atom is -0.483 e. The van der Waals surface area contributed by atoms with E-state index in [1.165, 1.54) is 29.9 Å². The van der Waals surface area contributed by atoms with Gasteiger partial charge < -0.3 is 34.7 Å². The quantitative estimate of drug-likeness (QED) is 0.202. The number of piperidine rings is 1. The number of fused-ring (bicyclic) bond motifs is 1. The molecule has 2 aromatic heterocycles. The molecule has 3 N–H and O–H groups in total. The van der Waals surface area contributed by atoms with Crippen molar-refractivity contribution in [3.63, 3.8) is 0 Å². The van der Waals surface area contributed by atoms with Gasteiger partial charge in [0.1, 0.15) is 23.1 Å². The Morgan fingerprint density at radius 3 is 2.79 bits per heavy atom. The van der Waals surface area contributed by atoms with E-state index in [1.807, 2.05) is 11.9 Å². The van der Waals surface area contributed by atoms with Crippen molar-refractivity contribution in [1.82, 2.24) is 19.6 Å². The lowest BCUT2D eigenvalue weighted by molar-refractivity contribution is -0.0794. The molecule has 5 rings (SSSR count). The molecule has 1 aromatic carbocycles. The lowest BCUT2D eigenvalue weighted by Gasteiger charge is -2.33. The number of hydrogen-bond donors (Lipinski definition) is 3. The Labute approximate surface area is 244 Å². The van der Waals surface area contributed by atoms with E-state index < -0.39 is 17.7 Å². The number of carbonyl (C=O) groups is 1. The molecule has 0 radical (unpaired) electrons. The molecule has 2 aliphatic rings. The van der Waals surface area contributed by atoms with E-state index >= 15 is 0 Å². The van der Waals surface area contributed by atoms with Crippen LogP contribution < -0.4 is 20.7 Å². The van der Waals surface area contributed by atoms with Crippen LogP contribution in [0.25, 0.3) is 5.52 Å². The Balaban J connectivity index is 1.40. The second-order valence-corrected chi connectivity index (χ2v) is 11.0. The molecule has 0 bridgehead atoms. The van der Waals surface area contributed by atoms with E-state index in [1.54, 1.807) is 18.2 Å². The van der Waals surface area contributed by atoms with Gasteiger partial charge in [-0.1, -0.05) is 11.8 Å². The summed E-state index contributed by atoms with van der Waals surface area (Å²) >= 11 is -0.273. The summed E-state index contributed by atoms with van der Waals surface area (Å²) in [5.41, 5.74) is -3.13. The Morgan fingerprint density at radius 2 is 2.10 bits per heavy atom. The average Bonchev–Trinajstić information content (AvgIpc) is 3.26. The normalized spacial score (nSPS) is 19.5. The summed E-state index contributed by atoms with van der Waals surface area (Å²) in [6.45, 7) is 1.91. The predicted molar refractivity (Wildman–Crippen MR) is 152 cm³/mol. The number of nitrogens with one attached hydrogen (secondary N) is 3. The molecule has 42 heavy (non-hydrogen) atoms. The zero-order chi connectivity index (χ0) is 29.9. The summed E-state index contributed by atoms with van der Waals surface area (Å²) in [6, 6.07) is 5.94. The summed E-state index contributed by atoms with van der Waals surface area (Å²) in [5.74, 6) is 6.23. The van der Waals surface area contributed by atoms with Crippen LogP contribution in [0.15, 0.2) is 41.7 Å². The fourth-order valence-corrected chi connectivity index (χ4v) is 5.38. The molecule has 0 spiro atoms. The molecule has 3 aromatic rings. The topological polar surface area (TPSA) is 92.2 Å². The maximum atomic E-state index is 14.7. The Morgan fingerprint density at radius 1 is 1.29 bits per heavy atom. The van der Waals surface area contributed by atoms with Crippen LogP contribution in [0.1, 0.15) is 22.3 Å². The molecule has 224 valence electrons. The van der Waals surface area contributed by atoms with E-state index in [2.05, 4.69) is 32.8 Å². The van der Waals surface area contributed by atoms with Crippen molar-refractivity contribution in [2.24, 2.45) is 0 Å². The van der Waals surface area contributed by atoms with Gasteiger partial charge >= 0.3 is 5.51 Å². The Hall–Kier alpha value is -3.67. The second-order valence-electron chi connectivity index (χ2n) is 9.98. The van der Waals surface area contributed by atoms with Gasteiger partial charge in [0.15, 0.2) is 5.82 Å². The molecule has 0 unspecified atom stereocenters. The molecule has 14 heteroatoms. The number of thioether (sulfide) groups is 1. The smallest absolute Gasteiger partial charge is 0.447 e. The number of carbonyl (C=O) groups excluding carboxylic acids is 1. The largest absolute Gasteiger partial charge is 0.483 e. The van der Waals surface area contributed by atoms with Crippen LogP contribution >= 0.6 is 11.8 Å². The molecule has 1 amide bonds. The SMILES string of the molecule is CNC(=O)c1ccc(OC2COC2)c(NCC#Cc2cc3c(N[C@@H]4CCN(C)C[C@@H]4F)nccn3c2SC(F)(F)F)c1. The van der Waals surface area contributed by atoms with E-state index in [4.69, 9.17) is 9.47 Å². The number of alkyl halides is 4. The molecule has 9 nitrogen and oxygen atoms in total. The van der Waals surface area contributed by atoms with Gasteiger partial charge in [0.2, 0.25) is 0 Å². The molecule has 2 saturated heterocycles. The second kappa shape index (κ2) is 12.7. The number of amides is 1. The lowest BCUT2D eigenvalue weighted by atomic mass is 10.0. The van der Waals surface area contributed by atoms with Gasteiger partial charge in [0.25, 0.3) is 5.91 Å². The van der Waals surface area contributed by atoms with E-state index in [0.717, 1.165) is 0 Å². The van der Waals surface area contributed by atoms with Gasteiger partial charge in [-0.3, -0.25) is 4.79 Å². The van der Waals surface area contributed by atoms with Gasteiger partial charge in [-0.2, -0.15) is 13.2 Å². The van der Waals surface area contributed by atoms with E-state index in [0.29, 0.717) is 48.7 Å². The molecular weight excluding hydrogens is 576 g/mol. The minimum atomic E-state index is -4.56. The molecule has 4 heterocycles. The third-order valence-corrected chi connectivity index (χ3v) is 7.73. The third-order valence-electron chi connectivity index (χ3n) is 6.89. The van der Waals surface area contributed by atoms with Gasteiger partial charge in [0.05, 0.1) is 42.6 Å². The van der Waals surface area contributed by atoms with Crippen molar-refractivity contribution < 1.29 is 31.8 Å². The van der Waals surface area contributed by atoms with Crippen LogP contribution in [-0.4, -0.2) is 91.0 Å². The highest BCUT2D eigenvalue weighted by Gasteiger charge is 2.33. The van der Waals surface area contributed by atoms with E-state index in [-0.39, 0.29) is 53.3 Å². The van der Waals surface area contributed by atoms with Crippen LogP contribution in [-0.2, 0) is 4.74 Å². The Kier molecular flexibility index (Phi) is 9.00. The van der Waals surface area contributed by atoms with Crippen molar-refractivity contribution >= 4 is 34.7 Å². The minimum absolute atomic E-state index is 0.0551. The van der Waals surface area contributed by atoms with Crippen molar-refractivity contribution in [1.29, 1.82) is 0 Å². The summed E-state index contributed by atoms with van der Waals surface area (Å²) in [5, 5.41) is 8.65. The molecule has 0 saturated carbocycles. The van der Waals surface area contributed by atoms with Crippen molar-refractivity contribution in [3.8, 4) is 17.6 Å². The highest BCUT2D eigenvalue weighted by atomic mass is 32.2. The van der Waals surface area contributed by atoms with Crippen LogP contribution in [0.3, 0.4) is 0 Å². The number of rotatable bonds is 8. The third kappa shape index (κ3) is 7.03. The number of anilines is 2. The molecular formula is C28H30F4N6O3S. The highest BCUT2D eigenvalue weighted by Crippen LogP contribution is 2.40. The maximum absolute atomic E-state index is 14.7. The van der Waals surface area contributed by atoms with Crippen LogP contribution in [0.5, 0.6) is 5.75 Å². The van der Waals surface area contributed by atoms with Gasteiger partial charge in [0, 0.05) is 49.9 Å². The first-order chi connectivity index (χ1) is 20.1. The first kappa shape index (κ1) is 29.8. The fraction of sp³-hybridized carbons (Fsp3) is 0.429. The first-order valence-corrected chi connectivity index (χ1v) is 14.1.